The highest BCUT2D eigenvalue weighted by Gasteiger charge is 2.32. The van der Waals surface area contributed by atoms with Gasteiger partial charge in [-0.1, -0.05) is 12.1 Å². The zero-order valence-corrected chi connectivity index (χ0v) is 8.88. The first-order valence-corrected chi connectivity index (χ1v) is 4.92. The van der Waals surface area contributed by atoms with Gasteiger partial charge in [-0.25, -0.2) is 0 Å². The van der Waals surface area contributed by atoms with Crippen LogP contribution < -0.4 is 5.73 Å². The molecule has 0 fully saturated rings. The van der Waals surface area contributed by atoms with Gasteiger partial charge in [0.05, 0.1) is 11.7 Å². The molecular formula is C11H14F3NO. The number of hydrogen-bond acceptors (Lipinski definition) is 2. The molecule has 0 saturated carbocycles. The van der Waals surface area contributed by atoms with Crippen LogP contribution in [0.5, 0.6) is 0 Å². The molecular weight excluding hydrogens is 219 g/mol. The second-order valence-corrected chi connectivity index (χ2v) is 3.67. The summed E-state index contributed by atoms with van der Waals surface area (Å²) in [7, 11) is 0. The maximum absolute atomic E-state index is 12.6. The molecule has 0 aromatic heterocycles. The van der Waals surface area contributed by atoms with Crippen LogP contribution in [0.1, 0.15) is 29.2 Å². The summed E-state index contributed by atoms with van der Waals surface area (Å²) in [5.74, 6) is 0. The Balaban J connectivity index is 3.07. The molecule has 0 radical (unpaired) electrons. The maximum atomic E-state index is 12.6. The van der Waals surface area contributed by atoms with Gasteiger partial charge in [-0.2, -0.15) is 13.2 Å². The van der Waals surface area contributed by atoms with Crippen molar-refractivity contribution in [2.24, 2.45) is 5.73 Å². The minimum atomic E-state index is -4.39. The molecule has 3 N–H and O–H groups in total. The first-order valence-electron chi connectivity index (χ1n) is 4.92. The molecule has 0 amide bonds. The predicted molar refractivity (Wildman–Crippen MR) is 54.8 cm³/mol. The molecule has 0 aliphatic carbocycles. The molecule has 90 valence electrons. The number of nitrogens with two attached hydrogens (primary N) is 1. The number of hydrogen-bond donors (Lipinski definition) is 2. The summed E-state index contributed by atoms with van der Waals surface area (Å²) in [5, 5.41) is 9.55. The van der Waals surface area contributed by atoms with E-state index in [0.717, 1.165) is 6.07 Å². The largest absolute Gasteiger partial charge is 0.416 e. The fraction of sp³-hybridized carbons (Fsp3) is 0.455. The molecule has 5 heteroatoms. The Hall–Kier alpha value is -1.07. The van der Waals surface area contributed by atoms with Crippen molar-refractivity contribution in [1.82, 2.24) is 0 Å². The number of aliphatic hydroxyl groups is 1. The molecule has 0 unspecified atom stereocenters. The lowest BCUT2D eigenvalue weighted by molar-refractivity contribution is -0.138. The molecule has 1 aromatic carbocycles. The van der Waals surface area contributed by atoms with Crippen molar-refractivity contribution < 1.29 is 18.3 Å². The molecule has 0 heterocycles. The number of alkyl halides is 3. The molecule has 2 nitrogen and oxygen atoms in total. The van der Waals surface area contributed by atoms with Crippen molar-refractivity contribution >= 4 is 0 Å². The Kier molecular flexibility index (Phi) is 3.93. The van der Waals surface area contributed by atoms with E-state index in [2.05, 4.69) is 0 Å². The number of aryl methyl sites for hydroxylation is 1. The topological polar surface area (TPSA) is 46.2 Å². The number of rotatable bonds is 3. The zero-order valence-electron chi connectivity index (χ0n) is 8.88. The Morgan fingerprint density at radius 1 is 1.38 bits per heavy atom. The van der Waals surface area contributed by atoms with Gasteiger partial charge in [-0.05, 0) is 37.1 Å². The lowest BCUT2D eigenvalue weighted by Gasteiger charge is -2.15. The molecule has 0 bridgehead atoms. The molecule has 0 saturated heterocycles. The highest BCUT2D eigenvalue weighted by molar-refractivity contribution is 5.34. The maximum Gasteiger partial charge on any atom is 0.416 e. The summed E-state index contributed by atoms with van der Waals surface area (Å²) in [6.45, 7) is 1.62. The van der Waals surface area contributed by atoms with Crippen molar-refractivity contribution in [3.8, 4) is 0 Å². The smallest absolute Gasteiger partial charge is 0.388 e. The van der Waals surface area contributed by atoms with Crippen LogP contribution in [0.3, 0.4) is 0 Å². The molecule has 1 atom stereocenters. The van der Waals surface area contributed by atoms with E-state index < -0.39 is 17.8 Å². The lowest BCUT2D eigenvalue weighted by Crippen LogP contribution is -2.11. The van der Waals surface area contributed by atoms with Crippen LogP contribution in [0.25, 0.3) is 0 Å². The van der Waals surface area contributed by atoms with Gasteiger partial charge in [0.2, 0.25) is 0 Å². The molecule has 1 rings (SSSR count). The van der Waals surface area contributed by atoms with Crippen molar-refractivity contribution in [3.05, 3.63) is 34.9 Å². The van der Waals surface area contributed by atoms with Crippen LogP contribution in [0.4, 0.5) is 13.2 Å². The first kappa shape index (κ1) is 13.0. The predicted octanol–water partition coefficient (Wildman–Crippen LogP) is 2.40. The first-order chi connectivity index (χ1) is 7.36. The van der Waals surface area contributed by atoms with Gasteiger partial charge in [0.25, 0.3) is 0 Å². The Morgan fingerprint density at radius 2 is 2.00 bits per heavy atom. The van der Waals surface area contributed by atoms with E-state index in [1.54, 1.807) is 0 Å². The van der Waals surface area contributed by atoms with Crippen molar-refractivity contribution in [1.29, 1.82) is 0 Å². The Bertz CT molecular complexity index is 363. The zero-order chi connectivity index (χ0) is 12.3. The summed E-state index contributed by atoms with van der Waals surface area (Å²) in [5.41, 5.74) is 4.93. The molecule has 0 spiro atoms. The van der Waals surface area contributed by atoms with Crippen LogP contribution in [0.2, 0.25) is 0 Å². The second kappa shape index (κ2) is 4.84. The van der Waals surface area contributed by atoms with Gasteiger partial charge in [0.1, 0.15) is 0 Å². The molecule has 1 aromatic rings. The average Bonchev–Trinajstić information content (AvgIpc) is 2.16. The molecule has 0 aliphatic heterocycles. The fourth-order valence-corrected chi connectivity index (χ4v) is 1.48. The average molecular weight is 233 g/mol. The third kappa shape index (κ3) is 2.96. The number of benzene rings is 1. The van der Waals surface area contributed by atoms with Crippen LogP contribution in [0, 0.1) is 6.92 Å². The Labute approximate surface area is 91.9 Å². The summed E-state index contributed by atoms with van der Waals surface area (Å²) in [6, 6.07) is 3.83. The van der Waals surface area contributed by atoms with Crippen molar-refractivity contribution in [2.75, 3.05) is 6.54 Å². The number of halogens is 3. The molecule has 16 heavy (non-hydrogen) atoms. The SMILES string of the molecule is Cc1ccc([C@@H](O)CCN)cc1C(F)(F)F. The van der Waals surface area contributed by atoms with Gasteiger partial charge in [-0.3, -0.25) is 0 Å². The summed E-state index contributed by atoms with van der Waals surface area (Å²) in [6.07, 6.45) is -5.07. The third-order valence-corrected chi connectivity index (χ3v) is 2.39. The summed E-state index contributed by atoms with van der Waals surface area (Å²) >= 11 is 0. The van der Waals surface area contributed by atoms with Gasteiger partial charge >= 0.3 is 6.18 Å². The minimum absolute atomic E-state index is 0.149. The van der Waals surface area contributed by atoms with E-state index >= 15 is 0 Å². The standard InChI is InChI=1S/C11H14F3NO/c1-7-2-3-8(10(16)4-5-15)6-9(7)11(12,13)14/h2-3,6,10,16H,4-5,15H2,1H3/t10-/m0/s1. The highest BCUT2D eigenvalue weighted by atomic mass is 19.4. The Morgan fingerprint density at radius 3 is 2.50 bits per heavy atom. The lowest BCUT2D eigenvalue weighted by atomic mass is 10.00. The quantitative estimate of drug-likeness (QED) is 0.842. The summed E-state index contributed by atoms with van der Waals surface area (Å²) < 4.78 is 37.7. The van der Waals surface area contributed by atoms with Gasteiger partial charge in [-0.15, -0.1) is 0 Å². The normalized spacial score (nSPS) is 13.9. The van der Waals surface area contributed by atoms with Gasteiger partial charge < -0.3 is 10.8 Å². The van der Waals surface area contributed by atoms with E-state index in [1.807, 2.05) is 0 Å². The van der Waals surface area contributed by atoms with Gasteiger partial charge in [0, 0.05) is 0 Å². The second-order valence-electron chi connectivity index (χ2n) is 3.67. The third-order valence-electron chi connectivity index (χ3n) is 2.39. The van der Waals surface area contributed by atoms with E-state index in [0.29, 0.717) is 0 Å². The van der Waals surface area contributed by atoms with Crippen LogP contribution in [-0.4, -0.2) is 11.7 Å². The highest BCUT2D eigenvalue weighted by Crippen LogP contribution is 2.33. The van der Waals surface area contributed by atoms with Crippen molar-refractivity contribution in [3.63, 3.8) is 0 Å². The fourth-order valence-electron chi connectivity index (χ4n) is 1.48. The minimum Gasteiger partial charge on any atom is -0.388 e. The van der Waals surface area contributed by atoms with E-state index in [1.165, 1.54) is 19.1 Å². The van der Waals surface area contributed by atoms with Crippen LogP contribution in [-0.2, 0) is 6.18 Å². The molecule has 0 aliphatic rings. The van der Waals surface area contributed by atoms with Gasteiger partial charge in [0.15, 0.2) is 0 Å². The van der Waals surface area contributed by atoms with E-state index in [4.69, 9.17) is 5.73 Å². The van der Waals surface area contributed by atoms with Crippen LogP contribution >= 0.6 is 0 Å². The monoisotopic (exact) mass is 233 g/mol. The van der Waals surface area contributed by atoms with Crippen LogP contribution in [0.15, 0.2) is 18.2 Å². The van der Waals surface area contributed by atoms with Crippen molar-refractivity contribution in [2.45, 2.75) is 25.6 Å². The summed E-state index contributed by atoms with van der Waals surface area (Å²) in [4.78, 5) is 0. The van der Waals surface area contributed by atoms with E-state index in [9.17, 15) is 18.3 Å². The van der Waals surface area contributed by atoms with E-state index in [-0.39, 0.29) is 24.1 Å². The number of aliphatic hydroxyl groups excluding tert-OH is 1.